The Labute approximate surface area is 113 Å². The highest BCUT2D eigenvalue weighted by atomic mass is 16.5. The molecule has 106 valence electrons. The highest BCUT2D eigenvalue weighted by Crippen LogP contribution is 2.55. The van der Waals surface area contributed by atoms with E-state index in [2.05, 4.69) is 39.9 Å². The van der Waals surface area contributed by atoms with Crippen molar-refractivity contribution in [3.63, 3.8) is 0 Å². The Hall–Kier alpha value is -0.0800. The van der Waals surface area contributed by atoms with Gasteiger partial charge in [-0.15, -0.1) is 0 Å². The standard InChI is InChI=1S/C16H31NO/c1-6-18-14-11-13(16(14)9-7-8-10-16)17-12(2)15(3,4)5/h12-14,17H,6-11H2,1-5H3. The quantitative estimate of drug-likeness (QED) is 0.824. The average molecular weight is 253 g/mol. The normalized spacial score (nSPS) is 32.5. The van der Waals surface area contributed by atoms with E-state index in [9.17, 15) is 0 Å². The first-order valence-corrected chi connectivity index (χ1v) is 7.78. The Bertz CT molecular complexity index is 275. The smallest absolute Gasteiger partial charge is 0.0661 e. The van der Waals surface area contributed by atoms with E-state index in [-0.39, 0.29) is 0 Å². The van der Waals surface area contributed by atoms with Crippen LogP contribution in [0.3, 0.4) is 0 Å². The van der Waals surface area contributed by atoms with Gasteiger partial charge in [-0.3, -0.25) is 0 Å². The van der Waals surface area contributed by atoms with Crippen LogP contribution in [0.15, 0.2) is 0 Å². The SMILES string of the molecule is CCOC1CC(NC(C)C(C)(C)C)C12CCCC2. The maximum Gasteiger partial charge on any atom is 0.0661 e. The first kappa shape index (κ1) is 14.3. The molecule has 0 radical (unpaired) electrons. The Morgan fingerprint density at radius 1 is 1.28 bits per heavy atom. The summed E-state index contributed by atoms with van der Waals surface area (Å²) in [6.07, 6.45) is 7.26. The molecule has 3 atom stereocenters. The summed E-state index contributed by atoms with van der Waals surface area (Å²) in [7, 11) is 0. The Morgan fingerprint density at radius 2 is 1.89 bits per heavy atom. The number of nitrogens with one attached hydrogen (secondary N) is 1. The summed E-state index contributed by atoms with van der Waals surface area (Å²) in [5.41, 5.74) is 0.812. The Morgan fingerprint density at radius 3 is 2.39 bits per heavy atom. The van der Waals surface area contributed by atoms with Gasteiger partial charge in [0, 0.05) is 24.1 Å². The molecule has 0 aromatic carbocycles. The average Bonchev–Trinajstić information content (AvgIpc) is 2.78. The summed E-state index contributed by atoms with van der Waals surface area (Å²) in [5.74, 6) is 0. The second-order valence-corrected chi connectivity index (χ2v) is 7.43. The second-order valence-electron chi connectivity index (χ2n) is 7.43. The molecule has 0 aromatic heterocycles. The zero-order valence-electron chi connectivity index (χ0n) is 12.9. The summed E-state index contributed by atoms with van der Waals surface area (Å²) < 4.78 is 5.97. The topological polar surface area (TPSA) is 21.3 Å². The van der Waals surface area contributed by atoms with Crippen LogP contribution in [0, 0.1) is 10.8 Å². The van der Waals surface area contributed by atoms with Gasteiger partial charge in [-0.2, -0.15) is 0 Å². The zero-order valence-corrected chi connectivity index (χ0v) is 12.9. The molecule has 0 aromatic rings. The van der Waals surface area contributed by atoms with Crippen LogP contribution in [0.5, 0.6) is 0 Å². The molecule has 0 heterocycles. The van der Waals surface area contributed by atoms with Gasteiger partial charge >= 0.3 is 0 Å². The van der Waals surface area contributed by atoms with Crippen molar-refractivity contribution >= 4 is 0 Å². The van der Waals surface area contributed by atoms with Gasteiger partial charge in [0.1, 0.15) is 0 Å². The summed E-state index contributed by atoms with van der Waals surface area (Å²) in [6, 6.07) is 1.26. The minimum atomic E-state index is 0.344. The van der Waals surface area contributed by atoms with E-state index in [1.807, 2.05) is 0 Å². The van der Waals surface area contributed by atoms with Crippen LogP contribution in [-0.2, 0) is 4.74 Å². The van der Waals surface area contributed by atoms with Crippen molar-refractivity contribution in [1.29, 1.82) is 0 Å². The van der Waals surface area contributed by atoms with Gasteiger partial charge < -0.3 is 10.1 Å². The van der Waals surface area contributed by atoms with Gasteiger partial charge in [-0.1, -0.05) is 33.6 Å². The van der Waals surface area contributed by atoms with Crippen molar-refractivity contribution in [3.8, 4) is 0 Å². The first-order valence-electron chi connectivity index (χ1n) is 7.78. The molecule has 0 bridgehead atoms. The molecule has 0 saturated heterocycles. The third-order valence-electron chi connectivity index (χ3n) is 5.44. The van der Waals surface area contributed by atoms with Gasteiger partial charge in [0.15, 0.2) is 0 Å². The third kappa shape index (κ3) is 2.46. The van der Waals surface area contributed by atoms with E-state index >= 15 is 0 Å². The summed E-state index contributed by atoms with van der Waals surface area (Å²) in [4.78, 5) is 0. The minimum Gasteiger partial charge on any atom is -0.378 e. The molecule has 2 nitrogen and oxygen atoms in total. The molecule has 1 N–H and O–H groups in total. The van der Waals surface area contributed by atoms with Gasteiger partial charge in [0.25, 0.3) is 0 Å². The highest BCUT2D eigenvalue weighted by molar-refractivity contribution is 5.10. The van der Waals surface area contributed by atoms with E-state index < -0.39 is 0 Å². The molecule has 3 unspecified atom stereocenters. The molecule has 2 aliphatic carbocycles. The van der Waals surface area contributed by atoms with Crippen molar-refractivity contribution in [2.45, 2.75) is 84.9 Å². The highest BCUT2D eigenvalue weighted by Gasteiger charge is 2.56. The van der Waals surface area contributed by atoms with Crippen molar-refractivity contribution in [3.05, 3.63) is 0 Å². The molecule has 2 heteroatoms. The lowest BCUT2D eigenvalue weighted by atomic mass is 9.60. The summed E-state index contributed by atoms with van der Waals surface area (Å²) >= 11 is 0. The fourth-order valence-corrected chi connectivity index (χ4v) is 3.67. The van der Waals surface area contributed by atoms with Crippen molar-refractivity contribution in [2.75, 3.05) is 6.61 Å². The molecule has 18 heavy (non-hydrogen) atoms. The molecule has 2 rings (SSSR count). The van der Waals surface area contributed by atoms with Gasteiger partial charge in [0.05, 0.1) is 6.10 Å². The van der Waals surface area contributed by atoms with E-state index in [4.69, 9.17) is 4.74 Å². The number of hydrogen-bond acceptors (Lipinski definition) is 2. The van der Waals surface area contributed by atoms with E-state index in [0.29, 0.717) is 29.0 Å². The first-order chi connectivity index (χ1) is 8.40. The molecule has 0 amide bonds. The lowest BCUT2D eigenvalue weighted by Crippen LogP contribution is -2.65. The fraction of sp³-hybridized carbons (Fsp3) is 1.00. The molecule has 2 aliphatic rings. The monoisotopic (exact) mass is 253 g/mol. The number of hydrogen-bond donors (Lipinski definition) is 1. The van der Waals surface area contributed by atoms with Crippen LogP contribution >= 0.6 is 0 Å². The summed E-state index contributed by atoms with van der Waals surface area (Å²) in [5, 5.41) is 3.90. The van der Waals surface area contributed by atoms with Crippen LogP contribution in [0.4, 0.5) is 0 Å². The van der Waals surface area contributed by atoms with Crippen molar-refractivity contribution < 1.29 is 4.74 Å². The van der Waals surface area contributed by atoms with Crippen LogP contribution in [-0.4, -0.2) is 24.8 Å². The third-order valence-corrected chi connectivity index (χ3v) is 5.44. The van der Waals surface area contributed by atoms with Gasteiger partial charge in [-0.25, -0.2) is 0 Å². The summed E-state index contributed by atoms with van der Waals surface area (Å²) in [6.45, 7) is 12.3. The van der Waals surface area contributed by atoms with Crippen LogP contribution in [0.1, 0.15) is 66.7 Å². The van der Waals surface area contributed by atoms with E-state index in [1.54, 1.807) is 0 Å². The lowest BCUT2D eigenvalue weighted by molar-refractivity contribution is -0.134. The van der Waals surface area contributed by atoms with E-state index in [1.165, 1.54) is 32.1 Å². The van der Waals surface area contributed by atoms with Crippen LogP contribution in [0.2, 0.25) is 0 Å². The molecule has 0 aliphatic heterocycles. The predicted molar refractivity (Wildman–Crippen MR) is 76.8 cm³/mol. The maximum atomic E-state index is 5.97. The largest absolute Gasteiger partial charge is 0.378 e. The number of rotatable bonds is 4. The van der Waals surface area contributed by atoms with Gasteiger partial charge in [-0.05, 0) is 38.5 Å². The fourth-order valence-electron chi connectivity index (χ4n) is 3.67. The maximum absolute atomic E-state index is 5.97. The van der Waals surface area contributed by atoms with Crippen molar-refractivity contribution in [2.24, 2.45) is 10.8 Å². The molecular formula is C16H31NO. The molecule has 2 saturated carbocycles. The Kier molecular flexibility index (Phi) is 4.08. The number of ether oxygens (including phenoxy) is 1. The minimum absolute atomic E-state index is 0.344. The molecular weight excluding hydrogens is 222 g/mol. The van der Waals surface area contributed by atoms with Crippen LogP contribution < -0.4 is 5.32 Å². The molecule has 1 spiro atoms. The van der Waals surface area contributed by atoms with Gasteiger partial charge in [0.2, 0.25) is 0 Å². The van der Waals surface area contributed by atoms with Crippen molar-refractivity contribution in [1.82, 2.24) is 5.32 Å². The molecule has 2 fully saturated rings. The second kappa shape index (κ2) is 5.13. The van der Waals surface area contributed by atoms with E-state index in [0.717, 1.165) is 6.61 Å². The lowest BCUT2D eigenvalue weighted by Gasteiger charge is -2.56. The van der Waals surface area contributed by atoms with Crippen LogP contribution in [0.25, 0.3) is 0 Å². The zero-order chi connectivity index (χ0) is 13.4. The predicted octanol–water partition coefficient (Wildman–Crippen LogP) is 3.75. The Balaban J connectivity index is 1.98.